The number of rotatable bonds is 7. The fraction of sp³-hybridized carbons (Fsp3) is 0.0169. The minimum absolute atomic E-state index is 0.457. The Bertz CT molecular complexity index is 3350. The van der Waals surface area contributed by atoms with Crippen molar-refractivity contribution in [3.8, 4) is 61.8 Å². The van der Waals surface area contributed by atoms with Gasteiger partial charge in [-0.05, 0) is 87.0 Å². The summed E-state index contributed by atoms with van der Waals surface area (Å²) >= 11 is 0. The molecule has 9 aromatic carbocycles. The smallest absolute Gasteiger partial charge is 0.160 e. The summed E-state index contributed by atoms with van der Waals surface area (Å²) in [7, 11) is 0. The standard InChI is InChI=1S/C59H39N3/c1-5-18-40(19-6-1)54-39-55(41-20-7-2-8-21-41)61-58(60-54)44-22-17-27-47(36-44)62-56-31-16-14-29-50(56)51-37-42(33-35-57(51)62)43-32-34-49-48-28-13-15-30-52(48)59(53(49)38-43,45-23-9-3-10-24-45)46-25-11-4-12-26-46/h1-39H. The summed E-state index contributed by atoms with van der Waals surface area (Å²) in [5.41, 5.74) is 17.9. The number of nitrogens with zero attached hydrogens (tertiary/aromatic N) is 3. The van der Waals surface area contributed by atoms with E-state index in [0.717, 1.165) is 44.8 Å². The predicted octanol–water partition coefficient (Wildman–Crippen LogP) is 14.6. The first-order valence-corrected chi connectivity index (χ1v) is 21.2. The van der Waals surface area contributed by atoms with Gasteiger partial charge < -0.3 is 4.57 Å². The molecule has 290 valence electrons. The molecule has 2 heterocycles. The van der Waals surface area contributed by atoms with E-state index >= 15 is 0 Å². The third-order valence-electron chi connectivity index (χ3n) is 12.7. The Morgan fingerprint density at radius 1 is 0.323 bits per heavy atom. The molecule has 11 aromatic rings. The van der Waals surface area contributed by atoms with Crippen LogP contribution in [0.2, 0.25) is 0 Å². The third-order valence-corrected chi connectivity index (χ3v) is 12.7. The van der Waals surface area contributed by atoms with Gasteiger partial charge in [0.2, 0.25) is 0 Å². The van der Waals surface area contributed by atoms with Crippen LogP contribution in [-0.2, 0) is 5.41 Å². The molecule has 0 radical (unpaired) electrons. The van der Waals surface area contributed by atoms with E-state index < -0.39 is 5.41 Å². The van der Waals surface area contributed by atoms with Gasteiger partial charge in [-0.1, -0.05) is 194 Å². The highest BCUT2D eigenvalue weighted by molar-refractivity contribution is 6.10. The van der Waals surface area contributed by atoms with Crippen LogP contribution in [0.5, 0.6) is 0 Å². The zero-order valence-electron chi connectivity index (χ0n) is 33.9. The molecular formula is C59H39N3. The maximum atomic E-state index is 5.16. The summed E-state index contributed by atoms with van der Waals surface area (Å²) in [6.07, 6.45) is 0. The average Bonchev–Trinajstić information content (AvgIpc) is 3.85. The summed E-state index contributed by atoms with van der Waals surface area (Å²) in [5, 5.41) is 2.42. The lowest BCUT2D eigenvalue weighted by atomic mass is 9.67. The van der Waals surface area contributed by atoms with Crippen LogP contribution in [0.1, 0.15) is 22.3 Å². The highest BCUT2D eigenvalue weighted by Crippen LogP contribution is 2.56. The quantitative estimate of drug-likeness (QED) is 0.161. The zero-order valence-corrected chi connectivity index (χ0v) is 33.9. The molecule has 3 heteroatoms. The Morgan fingerprint density at radius 2 is 0.855 bits per heavy atom. The van der Waals surface area contributed by atoms with Crippen molar-refractivity contribution in [2.75, 3.05) is 0 Å². The van der Waals surface area contributed by atoms with E-state index in [2.05, 4.69) is 229 Å². The second-order valence-corrected chi connectivity index (χ2v) is 16.1. The van der Waals surface area contributed by atoms with Crippen LogP contribution in [0.25, 0.3) is 83.6 Å². The summed E-state index contributed by atoms with van der Waals surface area (Å²) in [5.74, 6) is 0.691. The average molecular weight is 790 g/mol. The minimum Gasteiger partial charge on any atom is -0.309 e. The van der Waals surface area contributed by atoms with Crippen molar-refractivity contribution in [1.29, 1.82) is 0 Å². The van der Waals surface area contributed by atoms with Crippen LogP contribution in [0, 0.1) is 0 Å². The third kappa shape index (κ3) is 5.67. The minimum atomic E-state index is -0.457. The van der Waals surface area contributed by atoms with Crippen molar-refractivity contribution in [3.63, 3.8) is 0 Å². The lowest BCUT2D eigenvalue weighted by Gasteiger charge is -2.34. The molecule has 1 aliphatic rings. The normalized spacial score (nSPS) is 12.6. The van der Waals surface area contributed by atoms with Gasteiger partial charge in [-0.3, -0.25) is 0 Å². The molecule has 0 fully saturated rings. The largest absolute Gasteiger partial charge is 0.309 e. The molecule has 0 saturated carbocycles. The summed E-state index contributed by atoms with van der Waals surface area (Å²) in [6.45, 7) is 0. The maximum Gasteiger partial charge on any atom is 0.160 e. The van der Waals surface area contributed by atoms with Gasteiger partial charge in [0, 0.05) is 33.2 Å². The van der Waals surface area contributed by atoms with Crippen molar-refractivity contribution in [2.24, 2.45) is 0 Å². The molecule has 62 heavy (non-hydrogen) atoms. The molecule has 12 rings (SSSR count). The van der Waals surface area contributed by atoms with E-state index in [0.29, 0.717) is 5.82 Å². The number of benzene rings is 9. The number of para-hydroxylation sites is 1. The first-order chi connectivity index (χ1) is 30.7. The van der Waals surface area contributed by atoms with Crippen LogP contribution in [0.3, 0.4) is 0 Å². The Morgan fingerprint density at radius 3 is 1.55 bits per heavy atom. The molecule has 0 bridgehead atoms. The van der Waals surface area contributed by atoms with Crippen LogP contribution in [0.15, 0.2) is 237 Å². The number of hydrogen-bond donors (Lipinski definition) is 0. The molecule has 2 aromatic heterocycles. The number of aromatic nitrogens is 3. The zero-order chi connectivity index (χ0) is 41.0. The Hall–Kier alpha value is -8.14. The fourth-order valence-electron chi connectivity index (χ4n) is 9.93. The Kier molecular flexibility index (Phi) is 8.39. The van der Waals surface area contributed by atoms with Crippen LogP contribution >= 0.6 is 0 Å². The van der Waals surface area contributed by atoms with Gasteiger partial charge in [0.1, 0.15) is 0 Å². The van der Waals surface area contributed by atoms with E-state index in [4.69, 9.17) is 9.97 Å². The highest BCUT2D eigenvalue weighted by atomic mass is 15.0. The Balaban J connectivity index is 1.01. The summed E-state index contributed by atoms with van der Waals surface area (Å²) in [4.78, 5) is 10.3. The van der Waals surface area contributed by atoms with Crippen LogP contribution in [0.4, 0.5) is 0 Å². The van der Waals surface area contributed by atoms with Gasteiger partial charge in [-0.25, -0.2) is 9.97 Å². The second-order valence-electron chi connectivity index (χ2n) is 16.1. The topological polar surface area (TPSA) is 30.7 Å². The lowest BCUT2D eigenvalue weighted by Crippen LogP contribution is -2.28. The molecule has 0 spiro atoms. The number of hydrogen-bond acceptors (Lipinski definition) is 2. The van der Waals surface area contributed by atoms with Crippen LogP contribution in [-0.4, -0.2) is 14.5 Å². The molecule has 0 amide bonds. The van der Waals surface area contributed by atoms with Gasteiger partial charge in [0.25, 0.3) is 0 Å². The van der Waals surface area contributed by atoms with Gasteiger partial charge in [0.05, 0.1) is 27.8 Å². The van der Waals surface area contributed by atoms with E-state index in [1.54, 1.807) is 0 Å². The predicted molar refractivity (Wildman–Crippen MR) is 255 cm³/mol. The van der Waals surface area contributed by atoms with Crippen LogP contribution < -0.4 is 0 Å². The molecule has 0 atom stereocenters. The van der Waals surface area contributed by atoms with Crippen molar-refractivity contribution in [1.82, 2.24) is 14.5 Å². The van der Waals surface area contributed by atoms with E-state index in [1.165, 1.54) is 55.3 Å². The van der Waals surface area contributed by atoms with Crippen molar-refractivity contribution in [2.45, 2.75) is 5.41 Å². The van der Waals surface area contributed by atoms with Gasteiger partial charge in [-0.15, -0.1) is 0 Å². The maximum absolute atomic E-state index is 5.16. The molecular weight excluding hydrogens is 751 g/mol. The van der Waals surface area contributed by atoms with Gasteiger partial charge in [-0.2, -0.15) is 0 Å². The van der Waals surface area contributed by atoms with Crippen molar-refractivity contribution >= 4 is 21.8 Å². The lowest BCUT2D eigenvalue weighted by molar-refractivity contribution is 0.769. The molecule has 0 N–H and O–H groups in total. The molecule has 3 nitrogen and oxygen atoms in total. The van der Waals surface area contributed by atoms with E-state index in [1.807, 2.05) is 12.1 Å². The van der Waals surface area contributed by atoms with E-state index in [-0.39, 0.29) is 0 Å². The fourth-order valence-corrected chi connectivity index (χ4v) is 9.93. The first kappa shape index (κ1) is 35.8. The van der Waals surface area contributed by atoms with Crippen molar-refractivity contribution in [3.05, 3.63) is 259 Å². The van der Waals surface area contributed by atoms with Gasteiger partial charge >= 0.3 is 0 Å². The summed E-state index contributed by atoms with van der Waals surface area (Å²) in [6, 6.07) is 85.3. The molecule has 0 saturated heterocycles. The first-order valence-electron chi connectivity index (χ1n) is 21.2. The molecule has 0 unspecified atom stereocenters. The van der Waals surface area contributed by atoms with E-state index in [9.17, 15) is 0 Å². The Labute approximate surface area is 360 Å². The second kappa shape index (κ2) is 14.5. The highest BCUT2D eigenvalue weighted by Gasteiger charge is 2.46. The number of fused-ring (bicyclic) bond motifs is 6. The van der Waals surface area contributed by atoms with Crippen molar-refractivity contribution < 1.29 is 0 Å². The molecule has 0 aliphatic heterocycles. The summed E-state index contributed by atoms with van der Waals surface area (Å²) < 4.78 is 2.38. The van der Waals surface area contributed by atoms with Gasteiger partial charge in [0.15, 0.2) is 5.82 Å². The molecule has 1 aliphatic carbocycles. The monoisotopic (exact) mass is 789 g/mol. The SMILES string of the molecule is c1ccc(-c2cc(-c3ccccc3)nc(-c3cccc(-n4c5ccccc5c5cc(-c6ccc7c(c6)C(c6ccccc6)(c6ccccc6)c6ccccc6-7)ccc54)c3)n2)cc1.